The van der Waals surface area contributed by atoms with Gasteiger partial charge in [0, 0.05) is 6.42 Å². The molecular weight excluding hydrogens is 474 g/mol. The summed E-state index contributed by atoms with van der Waals surface area (Å²) >= 11 is 0. The molecule has 0 radical (unpaired) electrons. The van der Waals surface area contributed by atoms with Crippen molar-refractivity contribution in [3.8, 4) is 0 Å². The van der Waals surface area contributed by atoms with Crippen LogP contribution < -0.4 is 10.6 Å². The van der Waals surface area contributed by atoms with Crippen molar-refractivity contribution in [2.75, 3.05) is 7.11 Å². The lowest BCUT2D eigenvalue weighted by atomic mass is 9.99. The number of nitrogens with zero attached hydrogens (tertiary/aromatic N) is 1. The maximum absolute atomic E-state index is 13.3. The third-order valence-corrected chi connectivity index (χ3v) is 6.07. The molecule has 0 fully saturated rings. The fourth-order valence-electron chi connectivity index (χ4n) is 4.24. The summed E-state index contributed by atoms with van der Waals surface area (Å²) < 4.78 is 4.65. The van der Waals surface area contributed by atoms with E-state index in [-0.39, 0.29) is 24.0 Å². The highest BCUT2D eigenvalue weighted by molar-refractivity contribution is 6.23. The minimum atomic E-state index is -1.40. The number of carbonyl (C=O) groups excluding carboxylic acids is 5. The number of imide groups is 2. The monoisotopic (exact) mass is 499 g/mol. The van der Waals surface area contributed by atoms with E-state index in [1.54, 1.807) is 12.1 Å². The maximum atomic E-state index is 13.3. The molecule has 0 aliphatic carbocycles. The van der Waals surface area contributed by atoms with Crippen molar-refractivity contribution in [3.05, 3.63) is 107 Å². The van der Waals surface area contributed by atoms with Gasteiger partial charge in [0.15, 0.2) is 0 Å². The highest BCUT2D eigenvalue weighted by Crippen LogP contribution is 2.26. The second-order valence-electron chi connectivity index (χ2n) is 8.37. The minimum Gasteiger partial charge on any atom is -0.469 e. The topological polar surface area (TPSA) is 122 Å². The van der Waals surface area contributed by atoms with Gasteiger partial charge in [-0.05, 0) is 29.7 Å². The molecule has 37 heavy (non-hydrogen) atoms. The van der Waals surface area contributed by atoms with Gasteiger partial charge in [-0.2, -0.15) is 0 Å². The first-order valence-corrected chi connectivity index (χ1v) is 11.7. The summed E-state index contributed by atoms with van der Waals surface area (Å²) in [6.07, 6.45) is -0.446. The molecule has 9 heteroatoms. The van der Waals surface area contributed by atoms with E-state index in [4.69, 9.17) is 0 Å². The van der Waals surface area contributed by atoms with Crippen LogP contribution in [0.2, 0.25) is 0 Å². The molecule has 2 N–H and O–H groups in total. The molecule has 4 rings (SSSR count). The Hall–Kier alpha value is -4.79. The molecule has 1 atom stereocenters. The van der Waals surface area contributed by atoms with Gasteiger partial charge < -0.3 is 10.1 Å². The Labute approximate surface area is 213 Å². The van der Waals surface area contributed by atoms with Crippen LogP contribution in [0.1, 0.15) is 50.7 Å². The smallest absolute Gasteiger partial charge is 0.322 e. The van der Waals surface area contributed by atoms with Crippen molar-refractivity contribution < 1.29 is 28.7 Å². The molecule has 0 bridgehead atoms. The van der Waals surface area contributed by atoms with Gasteiger partial charge in [0.25, 0.3) is 17.7 Å². The molecule has 3 aromatic rings. The third-order valence-electron chi connectivity index (χ3n) is 6.07. The van der Waals surface area contributed by atoms with E-state index in [9.17, 15) is 24.0 Å². The Morgan fingerprint density at radius 3 is 1.76 bits per heavy atom. The number of urea groups is 1. The van der Waals surface area contributed by atoms with Crippen LogP contribution in [0.3, 0.4) is 0 Å². The number of hydrogen-bond donors (Lipinski definition) is 2. The number of nitrogens with one attached hydrogen (secondary N) is 2. The first kappa shape index (κ1) is 25.3. The lowest BCUT2D eigenvalue weighted by Gasteiger charge is -2.26. The van der Waals surface area contributed by atoms with Gasteiger partial charge in [0.1, 0.15) is 6.04 Å². The fraction of sp³-hybridized carbons (Fsp3) is 0.179. The zero-order valence-corrected chi connectivity index (χ0v) is 20.0. The van der Waals surface area contributed by atoms with E-state index in [0.717, 1.165) is 16.0 Å². The van der Waals surface area contributed by atoms with Crippen molar-refractivity contribution >= 4 is 29.7 Å². The van der Waals surface area contributed by atoms with Gasteiger partial charge in [-0.3, -0.25) is 29.4 Å². The molecule has 0 aromatic heterocycles. The van der Waals surface area contributed by atoms with Crippen LogP contribution in [-0.2, 0) is 14.3 Å². The summed E-state index contributed by atoms with van der Waals surface area (Å²) in [5.74, 6) is -2.85. The van der Waals surface area contributed by atoms with Crippen molar-refractivity contribution in [1.82, 2.24) is 15.5 Å². The largest absolute Gasteiger partial charge is 0.469 e. The molecular formula is C28H25N3O6. The van der Waals surface area contributed by atoms with Crippen molar-refractivity contribution in [2.24, 2.45) is 0 Å². The second kappa shape index (κ2) is 11.3. The van der Waals surface area contributed by atoms with Crippen LogP contribution in [0.15, 0.2) is 84.9 Å². The highest BCUT2D eigenvalue weighted by Gasteiger charge is 2.43. The van der Waals surface area contributed by atoms with E-state index in [2.05, 4.69) is 15.4 Å². The van der Waals surface area contributed by atoms with Crippen molar-refractivity contribution in [2.45, 2.75) is 24.9 Å². The van der Waals surface area contributed by atoms with Crippen molar-refractivity contribution in [1.29, 1.82) is 0 Å². The van der Waals surface area contributed by atoms with E-state index in [0.29, 0.717) is 0 Å². The molecule has 1 aliphatic rings. The SMILES string of the molecule is COC(=O)CCC(C(=O)NC(=O)NC(c1ccccc1)c1ccccc1)N1C(=O)c2ccccc2C1=O. The number of ether oxygens (including phenoxy) is 1. The molecule has 1 heterocycles. The van der Waals surface area contributed by atoms with Crippen LogP contribution in [0.4, 0.5) is 4.79 Å². The van der Waals surface area contributed by atoms with Crippen LogP contribution in [0.5, 0.6) is 0 Å². The van der Waals surface area contributed by atoms with E-state index in [1.807, 2.05) is 60.7 Å². The van der Waals surface area contributed by atoms with E-state index < -0.39 is 41.8 Å². The summed E-state index contributed by atoms with van der Waals surface area (Å²) in [4.78, 5) is 64.9. The minimum absolute atomic E-state index is 0.154. The van der Waals surface area contributed by atoms with Gasteiger partial charge in [0.2, 0.25) is 0 Å². The number of methoxy groups -OCH3 is 1. The predicted octanol–water partition coefficient (Wildman–Crippen LogP) is 3.22. The molecule has 5 amide bonds. The van der Waals surface area contributed by atoms with Gasteiger partial charge in [-0.1, -0.05) is 72.8 Å². The molecule has 3 aromatic carbocycles. The third kappa shape index (κ3) is 5.56. The van der Waals surface area contributed by atoms with Crippen LogP contribution in [-0.4, -0.2) is 47.8 Å². The van der Waals surface area contributed by atoms with Gasteiger partial charge in [0.05, 0.1) is 24.3 Å². The number of amides is 5. The van der Waals surface area contributed by atoms with Gasteiger partial charge in [-0.25, -0.2) is 4.79 Å². The molecule has 1 aliphatic heterocycles. The second-order valence-corrected chi connectivity index (χ2v) is 8.37. The van der Waals surface area contributed by atoms with Gasteiger partial charge in [-0.15, -0.1) is 0 Å². The zero-order valence-electron chi connectivity index (χ0n) is 20.0. The summed E-state index contributed by atoms with van der Waals surface area (Å²) in [7, 11) is 1.19. The number of esters is 1. The molecule has 9 nitrogen and oxygen atoms in total. The Morgan fingerprint density at radius 2 is 1.27 bits per heavy atom. The first-order valence-electron chi connectivity index (χ1n) is 11.7. The summed E-state index contributed by atoms with van der Waals surface area (Å²) in [6.45, 7) is 0. The molecule has 1 unspecified atom stereocenters. The lowest BCUT2D eigenvalue weighted by Crippen LogP contribution is -2.53. The van der Waals surface area contributed by atoms with Crippen LogP contribution in [0, 0.1) is 0 Å². The predicted molar refractivity (Wildman–Crippen MR) is 133 cm³/mol. The number of fused-ring (bicyclic) bond motifs is 1. The van der Waals surface area contributed by atoms with E-state index in [1.165, 1.54) is 19.2 Å². The molecule has 0 spiro atoms. The zero-order chi connectivity index (χ0) is 26.4. The van der Waals surface area contributed by atoms with Crippen molar-refractivity contribution in [3.63, 3.8) is 0 Å². The summed E-state index contributed by atoms with van der Waals surface area (Å²) in [5, 5.41) is 5.04. The maximum Gasteiger partial charge on any atom is 0.322 e. The van der Waals surface area contributed by atoms with E-state index >= 15 is 0 Å². The number of hydrogen-bond acceptors (Lipinski definition) is 6. The number of benzene rings is 3. The standard InChI is InChI=1S/C28H25N3O6/c1-37-23(32)17-16-22(31-26(34)20-14-8-9-15-21(20)27(31)35)25(33)30-28(36)29-24(18-10-4-2-5-11-18)19-12-6-3-7-13-19/h2-15,22,24H,16-17H2,1H3,(H2,29,30,33,36). The molecule has 0 saturated heterocycles. The average molecular weight is 500 g/mol. The Morgan fingerprint density at radius 1 is 0.784 bits per heavy atom. The van der Waals surface area contributed by atoms with Crippen LogP contribution >= 0.6 is 0 Å². The van der Waals surface area contributed by atoms with Crippen LogP contribution in [0.25, 0.3) is 0 Å². The fourth-order valence-corrected chi connectivity index (χ4v) is 4.24. The number of carbonyl (C=O) groups is 5. The Balaban J connectivity index is 1.55. The average Bonchev–Trinajstić information content (AvgIpc) is 3.18. The summed E-state index contributed by atoms with van der Waals surface area (Å²) in [5.41, 5.74) is 1.89. The van der Waals surface area contributed by atoms with Gasteiger partial charge >= 0.3 is 12.0 Å². The first-order chi connectivity index (χ1) is 17.9. The Bertz CT molecular complexity index is 1250. The summed E-state index contributed by atoms with van der Waals surface area (Å²) in [6, 6.07) is 21.8. The highest BCUT2D eigenvalue weighted by atomic mass is 16.5. The number of rotatable bonds is 8. The quantitative estimate of drug-likeness (QED) is 0.363. The Kier molecular flexibility index (Phi) is 7.73. The lowest BCUT2D eigenvalue weighted by molar-refractivity contribution is -0.141. The molecule has 188 valence electrons. The molecule has 0 saturated carbocycles. The normalized spacial score (nSPS) is 13.2.